The molecule has 2 atom stereocenters. The van der Waals surface area contributed by atoms with Crippen LogP contribution in [0.3, 0.4) is 0 Å². The van der Waals surface area contributed by atoms with E-state index < -0.39 is 6.09 Å². The molecule has 0 spiro atoms. The SMILES string of the molecule is CN1CC[C@@]2(C)c3cc(N(C(=O)O)N4OCCC4=O)ccc3N(C)[C@@H]12. The van der Waals surface area contributed by atoms with E-state index in [9.17, 15) is 14.7 Å². The lowest BCUT2D eigenvalue weighted by molar-refractivity contribution is -0.163. The number of carboxylic acid groups (broad SMARTS) is 1. The summed E-state index contributed by atoms with van der Waals surface area (Å²) in [5.41, 5.74) is 2.56. The number of hydrogen-bond acceptors (Lipinski definition) is 5. The van der Waals surface area contributed by atoms with Crippen LogP contribution in [-0.2, 0) is 15.0 Å². The van der Waals surface area contributed by atoms with Crippen molar-refractivity contribution in [3.63, 3.8) is 0 Å². The molecule has 4 rings (SSSR count). The Kier molecular flexibility index (Phi) is 3.45. The molecule has 1 aromatic carbocycles. The lowest BCUT2D eigenvalue weighted by Gasteiger charge is -2.32. The van der Waals surface area contributed by atoms with Gasteiger partial charge in [0.15, 0.2) is 0 Å². The van der Waals surface area contributed by atoms with Gasteiger partial charge in [0.2, 0.25) is 0 Å². The Labute approximate surface area is 146 Å². The van der Waals surface area contributed by atoms with Crippen LogP contribution in [0.15, 0.2) is 18.2 Å². The van der Waals surface area contributed by atoms with E-state index in [0.717, 1.165) is 34.4 Å². The lowest BCUT2D eigenvalue weighted by Crippen LogP contribution is -2.46. The number of benzene rings is 1. The van der Waals surface area contributed by atoms with Crippen LogP contribution in [0.1, 0.15) is 25.3 Å². The lowest BCUT2D eigenvalue weighted by atomic mass is 9.81. The Morgan fingerprint density at radius 1 is 1.40 bits per heavy atom. The Morgan fingerprint density at radius 2 is 2.16 bits per heavy atom. The summed E-state index contributed by atoms with van der Waals surface area (Å²) in [6, 6.07) is 5.54. The Hall–Kier alpha value is -2.32. The molecule has 134 valence electrons. The van der Waals surface area contributed by atoms with Crippen molar-refractivity contribution in [3.05, 3.63) is 23.8 Å². The van der Waals surface area contributed by atoms with Gasteiger partial charge in [0, 0.05) is 24.7 Å². The molecule has 0 radical (unpaired) electrons. The first-order valence-electron chi connectivity index (χ1n) is 8.41. The smallest absolute Gasteiger partial charge is 0.433 e. The molecule has 0 bridgehead atoms. The number of rotatable bonds is 2. The second-order valence-corrected chi connectivity index (χ2v) is 7.18. The van der Waals surface area contributed by atoms with E-state index in [1.54, 1.807) is 6.07 Å². The number of hydrogen-bond donors (Lipinski definition) is 1. The van der Waals surface area contributed by atoms with Gasteiger partial charge in [0.05, 0.1) is 24.9 Å². The number of hydroxylamine groups is 1. The van der Waals surface area contributed by atoms with Crippen LogP contribution in [0.5, 0.6) is 0 Å². The van der Waals surface area contributed by atoms with Crippen LogP contribution in [0.25, 0.3) is 0 Å². The van der Waals surface area contributed by atoms with Crippen LogP contribution >= 0.6 is 0 Å². The number of amides is 2. The Morgan fingerprint density at radius 3 is 2.80 bits per heavy atom. The normalized spacial score (nSPS) is 28.4. The maximum Gasteiger partial charge on any atom is 0.433 e. The first-order chi connectivity index (χ1) is 11.8. The summed E-state index contributed by atoms with van der Waals surface area (Å²) in [6.07, 6.45) is 0.191. The van der Waals surface area contributed by atoms with Crippen molar-refractivity contribution in [1.82, 2.24) is 10.1 Å². The van der Waals surface area contributed by atoms with Crippen molar-refractivity contribution in [1.29, 1.82) is 0 Å². The molecule has 25 heavy (non-hydrogen) atoms. The zero-order chi connectivity index (χ0) is 17.9. The molecule has 2 saturated heterocycles. The molecule has 2 fully saturated rings. The third kappa shape index (κ3) is 2.14. The van der Waals surface area contributed by atoms with Crippen LogP contribution in [-0.4, -0.2) is 60.6 Å². The van der Waals surface area contributed by atoms with E-state index in [4.69, 9.17) is 4.84 Å². The van der Waals surface area contributed by atoms with Gasteiger partial charge in [-0.25, -0.2) is 9.63 Å². The molecule has 3 heterocycles. The second kappa shape index (κ2) is 5.34. The maximum atomic E-state index is 11.9. The number of anilines is 2. The summed E-state index contributed by atoms with van der Waals surface area (Å²) in [4.78, 5) is 33.5. The highest BCUT2D eigenvalue weighted by molar-refractivity contribution is 5.91. The van der Waals surface area contributed by atoms with Crippen LogP contribution in [0, 0.1) is 0 Å². The van der Waals surface area contributed by atoms with Gasteiger partial charge in [0.25, 0.3) is 5.91 Å². The van der Waals surface area contributed by atoms with Crippen LogP contribution in [0.2, 0.25) is 0 Å². The number of likely N-dealkylation sites (tertiary alicyclic amines) is 1. The number of hydrazine groups is 1. The van der Waals surface area contributed by atoms with Gasteiger partial charge in [-0.1, -0.05) is 6.92 Å². The first kappa shape index (κ1) is 16.2. The predicted molar refractivity (Wildman–Crippen MR) is 91.2 cm³/mol. The quantitative estimate of drug-likeness (QED) is 0.877. The predicted octanol–water partition coefficient (Wildman–Crippen LogP) is 1.62. The molecular formula is C17H22N4O4. The molecule has 8 heteroatoms. The van der Waals surface area contributed by atoms with E-state index in [1.165, 1.54) is 0 Å². The number of fused-ring (bicyclic) bond motifs is 3. The average molecular weight is 346 g/mol. The summed E-state index contributed by atoms with van der Waals surface area (Å²) >= 11 is 0. The average Bonchev–Trinajstić information content (AvgIpc) is 3.17. The molecule has 8 nitrogen and oxygen atoms in total. The maximum absolute atomic E-state index is 11.9. The fraction of sp³-hybridized carbons (Fsp3) is 0.529. The fourth-order valence-electron chi connectivity index (χ4n) is 4.55. The molecule has 0 aromatic heterocycles. The summed E-state index contributed by atoms with van der Waals surface area (Å²) in [6.45, 7) is 3.41. The van der Waals surface area contributed by atoms with Crippen molar-refractivity contribution in [2.24, 2.45) is 0 Å². The van der Waals surface area contributed by atoms with Crippen molar-refractivity contribution < 1.29 is 19.5 Å². The van der Waals surface area contributed by atoms with Crippen molar-refractivity contribution in [2.75, 3.05) is 37.2 Å². The summed E-state index contributed by atoms with van der Waals surface area (Å²) in [7, 11) is 4.18. The number of carbonyl (C=O) groups is 2. The standard InChI is InChI=1S/C17H22N4O4/c1-17-7-8-18(2)15(17)19(3)13-5-4-11(10-12(13)17)20(16(23)24)21-14(22)6-9-25-21/h4-5,10,15H,6-9H2,1-3H3,(H,23,24)/t15-,17+/m1/s1. The highest BCUT2D eigenvalue weighted by Gasteiger charge is 2.52. The van der Waals surface area contributed by atoms with Gasteiger partial charge in [-0.15, -0.1) is 5.17 Å². The monoisotopic (exact) mass is 346 g/mol. The molecule has 3 aliphatic rings. The summed E-state index contributed by atoms with van der Waals surface area (Å²) in [5.74, 6) is -0.357. The zero-order valence-electron chi connectivity index (χ0n) is 14.6. The molecule has 2 amide bonds. The molecule has 1 N–H and O–H groups in total. The highest BCUT2D eigenvalue weighted by atomic mass is 16.7. The van der Waals surface area contributed by atoms with E-state index in [0.29, 0.717) is 5.69 Å². The minimum atomic E-state index is -1.24. The van der Waals surface area contributed by atoms with Crippen molar-refractivity contribution >= 4 is 23.4 Å². The van der Waals surface area contributed by atoms with Gasteiger partial charge < -0.3 is 10.0 Å². The van der Waals surface area contributed by atoms with E-state index >= 15 is 0 Å². The highest BCUT2D eigenvalue weighted by Crippen LogP contribution is 2.51. The Bertz CT molecular complexity index is 754. The molecule has 0 aliphatic carbocycles. The second-order valence-electron chi connectivity index (χ2n) is 7.18. The minimum absolute atomic E-state index is 0.0745. The molecule has 0 unspecified atom stereocenters. The van der Waals surface area contributed by atoms with E-state index in [-0.39, 0.29) is 30.5 Å². The van der Waals surface area contributed by atoms with Crippen LogP contribution < -0.4 is 9.91 Å². The fourth-order valence-corrected chi connectivity index (χ4v) is 4.55. The van der Waals surface area contributed by atoms with Crippen LogP contribution in [0.4, 0.5) is 16.2 Å². The summed E-state index contributed by atoms with van der Waals surface area (Å²) < 4.78 is 0. The zero-order valence-corrected chi connectivity index (χ0v) is 14.6. The van der Waals surface area contributed by atoms with Gasteiger partial charge >= 0.3 is 6.09 Å². The van der Waals surface area contributed by atoms with E-state index in [1.807, 2.05) is 12.1 Å². The third-order valence-electron chi connectivity index (χ3n) is 5.66. The topological polar surface area (TPSA) is 76.6 Å². The number of carbonyl (C=O) groups excluding carboxylic acids is 1. The van der Waals surface area contributed by atoms with Gasteiger partial charge in [-0.3, -0.25) is 9.69 Å². The number of likely N-dealkylation sites (N-methyl/N-ethyl adjacent to an activating group) is 2. The van der Waals surface area contributed by atoms with Gasteiger partial charge in [-0.05, 0) is 37.2 Å². The third-order valence-corrected chi connectivity index (χ3v) is 5.66. The van der Waals surface area contributed by atoms with E-state index in [2.05, 4.69) is 30.8 Å². The Balaban J connectivity index is 1.78. The largest absolute Gasteiger partial charge is 0.463 e. The molecule has 0 saturated carbocycles. The minimum Gasteiger partial charge on any atom is -0.463 e. The molecule has 1 aromatic rings. The van der Waals surface area contributed by atoms with Gasteiger partial charge in [-0.2, -0.15) is 5.01 Å². The molecule has 3 aliphatic heterocycles. The van der Waals surface area contributed by atoms with Gasteiger partial charge in [0.1, 0.15) is 0 Å². The molecular weight excluding hydrogens is 324 g/mol. The number of nitrogens with zero attached hydrogens (tertiary/aromatic N) is 4. The van der Waals surface area contributed by atoms with Crippen molar-refractivity contribution in [3.8, 4) is 0 Å². The first-order valence-corrected chi connectivity index (χ1v) is 8.41. The van der Waals surface area contributed by atoms with Crippen molar-refractivity contribution in [2.45, 2.75) is 31.3 Å². The summed E-state index contributed by atoms with van der Waals surface area (Å²) in [5, 5.41) is 11.4.